The molecule has 0 radical (unpaired) electrons. The maximum atomic E-state index is 12.3. The number of rotatable bonds is 5. The normalized spacial score (nSPS) is 16.5. The van der Waals surface area contributed by atoms with E-state index in [1.165, 1.54) is 16.9 Å². The molecule has 0 aromatic carbocycles. The molecule has 1 N–H and O–H groups in total. The van der Waals surface area contributed by atoms with Crippen LogP contribution in [0.5, 0.6) is 0 Å². The number of carbonyl (C=O) groups excluding carboxylic acids is 1. The fourth-order valence-corrected chi connectivity index (χ4v) is 3.54. The average Bonchev–Trinajstić information content (AvgIpc) is 3.08. The fourth-order valence-electron chi connectivity index (χ4n) is 2.79. The van der Waals surface area contributed by atoms with Gasteiger partial charge in [-0.1, -0.05) is 25.2 Å². The Kier molecular flexibility index (Phi) is 5.52. The molecule has 1 aliphatic heterocycles. The Balaban J connectivity index is 1.47. The first kappa shape index (κ1) is 17.0. The van der Waals surface area contributed by atoms with Crippen LogP contribution in [0.2, 0.25) is 0 Å². The number of likely N-dealkylation sites (tertiary alicyclic amines) is 1. The van der Waals surface area contributed by atoms with Crippen LogP contribution in [0.25, 0.3) is 0 Å². The predicted molar refractivity (Wildman–Crippen MR) is 94.0 cm³/mol. The van der Waals surface area contributed by atoms with E-state index >= 15 is 0 Å². The summed E-state index contributed by atoms with van der Waals surface area (Å²) in [6, 6.07) is 4.32. The fraction of sp³-hybridized carbons (Fsp3) is 0.529. The van der Waals surface area contributed by atoms with E-state index in [1.54, 1.807) is 0 Å². The topological polar surface area (TPSA) is 71.0 Å². The van der Waals surface area contributed by atoms with Crippen molar-refractivity contribution < 1.29 is 4.79 Å². The molecule has 1 amide bonds. The molecule has 6 nitrogen and oxygen atoms in total. The number of nitrogens with zero attached hydrogens (tertiary/aromatic N) is 4. The summed E-state index contributed by atoms with van der Waals surface area (Å²) < 4.78 is 0. The minimum atomic E-state index is -0.0908. The molecule has 2 aromatic heterocycles. The maximum Gasteiger partial charge on any atom is 0.282 e. The standard InChI is InChI=1S/C17H23N5OS/c1-12(2)16-20-21-17(24-16)15(23)19-14-5-9-22(10-6-14)11-13-3-7-18-8-4-13/h3-4,7-8,12,14H,5-6,9-11H2,1-2H3,(H,19,23). The number of amides is 1. The van der Waals surface area contributed by atoms with Crippen molar-refractivity contribution >= 4 is 17.2 Å². The second-order valence-corrected chi connectivity index (χ2v) is 7.49. The van der Waals surface area contributed by atoms with Crippen molar-refractivity contribution in [3.63, 3.8) is 0 Å². The van der Waals surface area contributed by atoms with Crippen LogP contribution in [0.3, 0.4) is 0 Å². The summed E-state index contributed by atoms with van der Waals surface area (Å²) in [6.07, 6.45) is 5.59. The van der Waals surface area contributed by atoms with Crippen LogP contribution in [0.15, 0.2) is 24.5 Å². The lowest BCUT2D eigenvalue weighted by atomic mass is 10.0. The zero-order valence-corrected chi connectivity index (χ0v) is 14.9. The highest BCUT2D eigenvalue weighted by Gasteiger charge is 2.23. The van der Waals surface area contributed by atoms with E-state index in [0.717, 1.165) is 37.5 Å². The van der Waals surface area contributed by atoms with Crippen LogP contribution in [0.4, 0.5) is 0 Å². The highest BCUT2D eigenvalue weighted by Crippen LogP contribution is 2.19. The largest absolute Gasteiger partial charge is 0.347 e. The van der Waals surface area contributed by atoms with Gasteiger partial charge in [0.15, 0.2) is 0 Å². The van der Waals surface area contributed by atoms with Gasteiger partial charge in [-0.2, -0.15) is 0 Å². The van der Waals surface area contributed by atoms with Gasteiger partial charge in [0.2, 0.25) is 5.01 Å². The van der Waals surface area contributed by atoms with E-state index < -0.39 is 0 Å². The third-order valence-corrected chi connectivity index (χ3v) is 5.43. The number of carbonyl (C=O) groups is 1. The Morgan fingerprint density at radius 3 is 2.62 bits per heavy atom. The van der Waals surface area contributed by atoms with E-state index in [-0.39, 0.29) is 11.9 Å². The summed E-state index contributed by atoms with van der Waals surface area (Å²) in [7, 11) is 0. The molecule has 0 saturated carbocycles. The molecular weight excluding hydrogens is 322 g/mol. The summed E-state index contributed by atoms with van der Waals surface area (Å²) in [5.74, 6) is 0.215. The summed E-state index contributed by atoms with van der Waals surface area (Å²) >= 11 is 1.39. The van der Waals surface area contributed by atoms with Crippen LogP contribution in [-0.2, 0) is 6.54 Å². The minimum absolute atomic E-state index is 0.0908. The number of piperidine rings is 1. The van der Waals surface area contributed by atoms with Crippen LogP contribution >= 0.6 is 11.3 Å². The summed E-state index contributed by atoms with van der Waals surface area (Å²) in [5.41, 5.74) is 1.28. The zero-order chi connectivity index (χ0) is 16.9. The van der Waals surface area contributed by atoms with Crippen molar-refractivity contribution in [3.05, 3.63) is 40.1 Å². The van der Waals surface area contributed by atoms with Gasteiger partial charge in [-0.05, 0) is 30.5 Å². The molecular formula is C17H23N5OS. The van der Waals surface area contributed by atoms with Gasteiger partial charge in [0.1, 0.15) is 5.01 Å². The van der Waals surface area contributed by atoms with Gasteiger partial charge in [-0.3, -0.25) is 14.7 Å². The molecule has 1 saturated heterocycles. The Labute approximate surface area is 146 Å². The van der Waals surface area contributed by atoms with Crippen molar-refractivity contribution in [2.75, 3.05) is 13.1 Å². The van der Waals surface area contributed by atoms with Gasteiger partial charge in [-0.15, -0.1) is 10.2 Å². The van der Waals surface area contributed by atoms with Gasteiger partial charge in [0, 0.05) is 44.0 Å². The zero-order valence-electron chi connectivity index (χ0n) is 14.1. The van der Waals surface area contributed by atoms with Gasteiger partial charge < -0.3 is 5.32 Å². The number of nitrogens with one attached hydrogen (secondary N) is 1. The van der Waals surface area contributed by atoms with Gasteiger partial charge in [-0.25, -0.2) is 0 Å². The van der Waals surface area contributed by atoms with E-state index in [9.17, 15) is 4.79 Å². The Morgan fingerprint density at radius 1 is 1.29 bits per heavy atom. The monoisotopic (exact) mass is 345 g/mol. The minimum Gasteiger partial charge on any atom is -0.347 e. The maximum absolute atomic E-state index is 12.3. The van der Waals surface area contributed by atoms with Crippen molar-refractivity contribution in [2.45, 2.75) is 45.2 Å². The number of pyridine rings is 1. The molecule has 128 valence electrons. The highest BCUT2D eigenvalue weighted by molar-refractivity contribution is 7.13. The molecule has 2 aromatic rings. The molecule has 0 unspecified atom stereocenters. The smallest absolute Gasteiger partial charge is 0.282 e. The molecule has 0 bridgehead atoms. The molecule has 3 rings (SSSR count). The van der Waals surface area contributed by atoms with E-state index in [4.69, 9.17) is 0 Å². The average molecular weight is 345 g/mol. The van der Waals surface area contributed by atoms with Crippen molar-refractivity contribution in [2.24, 2.45) is 0 Å². The molecule has 0 atom stereocenters. The number of aromatic nitrogens is 3. The lowest BCUT2D eigenvalue weighted by Gasteiger charge is -2.32. The molecule has 0 aliphatic carbocycles. The lowest BCUT2D eigenvalue weighted by Crippen LogP contribution is -2.44. The lowest BCUT2D eigenvalue weighted by molar-refractivity contribution is 0.0908. The first-order chi connectivity index (χ1) is 11.6. The Bertz CT molecular complexity index is 665. The third-order valence-electron chi connectivity index (χ3n) is 4.21. The van der Waals surface area contributed by atoms with E-state index in [0.29, 0.717) is 10.9 Å². The van der Waals surface area contributed by atoms with E-state index in [2.05, 4.69) is 51.4 Å². The van der Waals surface area contributed by atoms with Crippen molar-refractivity contribution in [1.29, 1.82) is 0 Å². The summed E-state index contributed by atoms with van der Waals surface area (Å²) in [4.78, 5) is 18.8. The quantitative estimate of drug-likeness (QED) is 0.901. The van der Waals surface area contributed by atoms with Crippen LogP contribution in [-0.4, -0.2) is 45.1 Å². The van der Waals surface area contributed by atoms with Crippen molar-refractivity contribution in [1.82, 2.24) is 25.4 Å². The van der Waals surface area contributed by atoms with Crippen molar-refractivity contribution in [3.8, 4) is 0 Å². The number of hydrogen-bond donors (Lipinski definition) is 1. The molecule has 1 aliphatic rings. The second kappa shape index (κ2) is 7.81. The first-order valence-electron chi connectivity index (χ1n) is 8.37. The molecule has 0 spiro atoms. The predicted octanol–water partition coefficient (Wildman–Crippen LogP) is 2.45. The molecule has 7 heteroatoms. The van der Waals surface area contributed by atoms with Gasteiger partial charge in [0.25, 0.3) is 5.91 Å². The van der Waals surface area contributed by atoms with Gasteiger partial charge in [0.05, 0.1) is 0 Å². The van der Waals surface area contributed by atoms with Crippen LogP contribution < -0.4 is 5.32 Å². The first-order valence-corrected chi connectivity index (χ1v) is 9.19. The molecule has 24 heavy (non-hydrogen) atoms. The second-order valence-electron chi connectivity index (χ2n) is 6.48. The Morgan fingerprint density at radius 2 is 2.00 bits per heavy atom. The molecule has 3 heterocycles. The highest BCUT2D eigenvalue weighted by atomic mass is 32.1. The summed E-state index contributed by atoms with van der Waals surface area (Å²) in [5, 5.41) is 12.6. The van der Waals surface area contributed by atoms with Crippen LogP contribution in [0, 0.1) is 0 Å². The van der Waals surface area contributed by atoms with E-state index in [1.807, 2.05) is 12.4 Å². The number of hydrogen-bond acceptors (Lipinski definition) is 6. The SMILES string of the molecule is CC(C)c1nnc(C(=O)NC2CCN(Cc3ccncc3)CC2)s1. The Hall–Kier alpha value is -1.86. The third kappa shape index (κ3) is 4.36. The summed E-state index contributed by atoms with van der Waals surface area (Å²) in [6.45, 7) is 7.03. The molecule has 1 fully saturated rings. The van der Waals surface area contributed by atoms with Crippen LogP contribution in [0.1, 0.15) is 53.0 Å². The van der Waals surface area contributed by atoms with Gasteiger partial charge >= 0.3 is 0 Å².